The zero-order valence-electron chi connectivity index (χ0n) is 10.9. The first-order chi connectivity index (χ1) is 8.06. The van der Waals surface area contributed by atoms with E-state index in [1.165, 1.54) is 5.56 Å². The number of carbonyl (C=O) groups is 1. The molecule has 0 atom stereocenters. The van der Waals surface area contributed by atoms with Crippen LogP contribution in [0.4, 0.5) is 0 Å². The Balaban J connectivity index is 2.42. The molecule has 0 unspecified atom stereocenters. The van der Waals surface area contributed by atoms with Crippen LogP contribution in [-0.2, 0) is 18.3 Å². The molecule has 3 N–H and O–H groups in total. The zero-order chi connectivity index (χ0) is 12.8. The lowest BCUT2D eigenvalue weighted by molar-refractivity contribution is -0.121. The fourth-order valence-electron chi connectivity index (χ4n) is 1.84. The van der Waals surface area contributed by atoms with Crippen LogP contribution in [-0.4, -0.2) is 28.8 Å². The fourth-order valence-corrected chi connectivity index (χ4v) is 1.84. The van der Waals surface area contributed by atoms with Crippen molar-refractivity contribution in [2.45, 2.75) is 33.1 Å². The number of aromatic nitrogens is 2. The molecule has 1 heterocycles. The molecule has 0 radical (unpaired) electrons. The van der Waals surface area contributed by atoms with Crippen LogP contribution >= 0.6 is 0 Å². The summed E-state index contributed by atoms with van der Waals surface area (Å²) in [5.41, 5.74) is 8.69. The number of rotatable bonds is 6. The lowest BCUT2D eigenvalue weighted by Crippen LogP contribution is -2.26. The molecule has 0 saturated heterocycles. The Bertz CT molecular complexity index is 384. The third-order valence-electron chi connectivity index (χ3n) is 2.96. The van der Waals surface area contributed by atoms with Gasteiger partial charge in [0, 0.05) is 25.7 Å². The smallest absolute Gasteiger partial charge is 0.220 e. The van der Waals surface area contributed by atoms with Gasteiger partial charge in [0.05, 0.1) is 5.69 Å². The summed E-state index contributed by atoms with van der Waals surface area (Å²) in [6.45, 7) is 5.29. The molecule has 0 aromatic carbocycles. The zero-order valence-corrected chi connectivity index (χ0v) is 10.9. The maximum absolute atomic E-state index is 11.5. The van der Waals surface area contributed by atoms with Crippen molar-refractivity contribution in [2.24, 2.45) is 12.8 Å². The number of hydrogen-bond acceptors (Lipinski definition) is 3. The van der Waals surface area contributed by atoms with E-state index in [0.29, 0.717) is 19.5 Å². The van der Waals surface area contributed by atoms with Crippen LogP contribution in [0.25, 0.3) is 0 Å². The molecule has 1 amide bonds. The Labute approximate surface area is 102 Å². The predicted octanol–water partition coefficient (Wildman–Crippen LogP) is 0.435. The molecular weight excluding hydrogens is 216 g/mol. The van der Waals surface area contributed by atoms with Gasteiger partial charge in [0.1, 0.15) is 0 Å². The SMILES string of the molecule is Cc1nn(C)c(C)c1CCC(=O)NCCCN. The Morgan fingerprint density at radius 3 is 2.71 bits per heavy atom. The van der Waals surface area contributed by atoms with Crippen LogP contribution in [0.2, 0.25) is 0 Å². The van der Waals surface area contributed by atoms with Crippen LogP contribution in [0.3, 0.4) is 0 Å². The van der Waals surface area contributed by atoms with Crippen molar-refractivity contribution in [1.82, 2.24) is 15.1 Å². The number of nitrogens with two attached hydrogens (primary N) is 1. The number of nitrogens with zero attached hydrogens (tertiary/aromatic N) is 2. The van der Waals surface area contributed by atoms with Crippen molar-refractivity contribution in [3.63, 3.8) is 0 Å². The molecule has 5 nitrogen and oxygen atoms in total. The second-order valence-corrected chi connectivity index (χ2v) is 4.27. The molecule has 0 saturated carbocycles. The van der Waals surface area contributed by atoms with Crippen molar-refractivity contribution >= 4 is 5.91 Å². The molecule has 0 bridgehead atoms. The maximum atomic E-state index is 11.5. The molecule has 0 aliphatic heterocycles. The molecular formula is C12H22N4O. The quantitative estimate of drug-likeness (QED) is 0.706. The highest BCUT2D eigenvalue weighted by Gasteiger charge is 2.10. The summed E-state index contributed by atoms with van der Waals surface area (Å²) in [4.78, 5) is 11.5. The van der Waals surface area contributed by atoms with Gasteiger partial charge in [-0.1, -0.05) is 0 Å². The van der Waals surface area contributed by atoms with E-state index in [9.17, 15) is 4.79 Å². The van der Waals surface area contributed by atoms with E-state index < -0.39 is 0 Å². The van der Waals surface area contributed by atoms with Crippen LogP contribution < -0.4 is 11.1 Å². The number of amides is 1. The molecule has 0 aliphatic carbocycles. The fraction of sp³-hybridized carbons (Fsp3) is 0.667. The summed E-state index contributed by atoms with van der Waals surface area (Å²) in [6, 6.07) is 0. The molecule has 1 rings (SSSR count). The summed E-state index contributed by atoms with van der Waals surface area (Å²) >= 11 is 0. The Morgan fingerprint density at radius 2 is 2.18 bits per heavy atom. The molecule has 0 aliphatic rings. The minimum Gasteiger partial charge on any atom is -0.356 e. The highest BCUT2D eigenvalue weighted by Crippen LogP contribution is 2.13. The number of hydrogen-bond donors (Lipinski definition) is 2. The standard InChI is InChI=1S/C12H22N4O/c1-9-11(10(2)16(3)15-9)5-6-12(17)14-8-4-7-13/h4-8,13H2,1-3H3,(H,14,17). The minimum atomic E-state index is 0.0844. The van der Waals surface area contributed by atoms with Gasteiger partial charge in [-0.15, -0.1) is 0 Å². The van der Waals surface area contributed by atoms with Gasteiger partial charge < -0.3 is 11.1 Å². The Morgan fingerprint density at radius 1 is 1.47 bits per heavy atom. The van der Waals surface area contributed by atoms with E-state index in [2.05, 4.69) is 10.4 Å². The third-order valence-corrected chi connectivity index (χ3v) is 2.96. The Kier molecular flexibility index (Phi) is 5.15. The number of aryl methyl sites for hydroxylation is 2. The Hall–Kier alpha value is -1.36. The average molecular weight is 238 g/mol. The van der Waals surface area contributed by atoms with E-state index in [1.807, 2.05) is 25.6 Å². The van der Waals surface area contributed by atoms with Crippen molar-refractivity contribution in [2.75, 3.05) is 13.1 Å². The summed E-state index contributed by atoms with van der Waals surface area (Å²) in [6.07, 6.45) is 2.09. The van der Waals surface area contributed by atoms with E-state index in [4.69, 9.17) is 5.73 Å². The maximum Gasteiger partial charge on any atom is 0.220 e. The first-order valence-corrected chi connectivity index (χ1v) is 6.02. The van der Waals surface area contributed by atoms with Crippen molar-refractivity contribution < 1.29 is 4.79 Å². The van der Waals surface area contributed by atoms with Gasteiger partial charge >= 0.3 is 0 Å². The highest BCUT2D eigenvalue weighted by atomic mass is 16.1. The second kappa shape index (κ2) is 6.39. The van der Waals surface area contributed by atoms with Crippen LogP contribution in [0, 0.1) is 13.8 Å². The average Bonchev–Trinajstić information content (AvgIpc) is 2.51. The lowest BCUT2D eigenvalue weighted by Gasteiger charge is -2.04. The van der Waals surface area contributed by atoms with Gasteiger partial charge in [0.2, 0.25) is 5.91 Å². The predicted molar refractivity (Wildman–Crippen MR) is 67.7 cm³/mol. The van der Waals surface area contributed by atoms with Gasteiger partial charge in [-0.25, -0.2) is 0 Å². The molecule has 1 aromatic rings. The topological polar surface area (TPSA) is 72.9 Å². The van der Waals surface area contributed by atoms with E-state index in [-0.39, 0.29) is 5.91 Å². The monoisotopic (exact) mass is 238 g/mol. The molecule has 17 heavy (non-hydrogen) atoms. The van der Waals surface area contributed by atoms with E-state index >= 15 is 0 Å². The molecule has 0 fully saturated rings. The summed E-state index contributed by atoms with van der Waals surface area (Å²) in [5.74, 6) is 0.0844. The van der Waals surface area contributed by atoms with Crippen LogP contribution in [0.15, 0.2) is 0 Å². The first-order valence-electron chi connectivity index (χ1n) is 6.02. The summed E-state index contributed by atoms with van der Waals surface area (Å²) < 4.78 is 1.86. The second-order valence-electron chi connectivity index (χ2n) is 4.27. The largest absolute Gasteiger partial charge is 0.356 e. The number of carbonyl (C=O) groups excluding carboxylic acids is 1. The molecule has 5 heteroatoms. The normalized spacial score (nSPS) is 10.6. The molecule has 96 valence electrons. The van der Waals surface area contributed by atoms with E-state index in [1.54, 1.807) is 0 Å². The van der Waals surface area contributed by atoms with Crippen molar-refractivity contribution in [1.29, 1.82) is 0 Å². The summed E-state index contributed by atoms with van der Waals surface area (Å²) in [7, 11) is 1.92. The third kappa shape index (κ3) is 3.85. The summed E-state index contributed by atoms with van der Waals surface area (Å²) in [5, 5.41) is 7.19. The minimum absolute atomic E-state index is 0.0844. The van der Waals surface area contributed by atoms with Crippen LogP contribution in [0.1, 0.15) is 29.8 Å². The first kappa shape index (κ1) is 13.7. The highest BCUT2D eigenvalue weighted by molar-refractivity contribution is 5.76. The lowest BCUT2D eigenvalue weighted by atomic mass is 10.1. The van der Waals surface area contributed by atoms with Gasteiger partial charge in [-0.3, -0.25) is 9.48 Å². The van der Waals surface area contributed by atoms with Crippen LogP contribution in [0.5, 0.6) is 0 Å². The van der Waals surface area contributed by atoms with Gasteiger partial charge in [0.25, 0.3) is 0 Å². The molecule has 1 aromatic heterocycles. The van der Waals surface area contributed by atoms with Crippen molar-refractivity contribution in [3.8, 4) is 0 Å². The van der Waals surface area contributed by atoms with E-state index in [0.717, 1.165) is 24.2 Å². The van der Waals surface area contributed by atoms with Gasteiger partial charge in [-0.2, -0.15) is 5.10 Å². The van der Waals surface area contributed by atoms with Crippen molar-refractivity contribution in [3.05, 3.63) is 17.0 Å². The van der Waals surface area contributed by atoms with Gasteiger partial charge in [-0.05, 0) is 38.8 Å². The molecule has 0 spiro atoms. The van der Waals surface area contributed by atoms with Gasteiger partial charge in [0.15, 0.2) is 0 Å². The number of nitrogens with one attached hydrogen (secondary N) is 1.